The van der Waals surface area contributed by atoms with Crippen LogP contribution in [-0.4, -0.2) is 5.54 Å². The predicted octanol–water partition coefficient (Wildman–Crippen LogP) is 4.21. The average Bonchev–Trinajstić information content (AvgIpc) is 2.13. The van der Waals surface area contributed by atoms with Crippen molar-refractivity contribution < 1.29 is 0 Å². The van der Waals surface area contributed by atoms with Gasteiger partial charge in [0.15, 0.2) is 0 Å². The van der Waals surface area contributed by atoms with Crippen molar-refractivity contribution in [2.45, 2.75) is 71.8 Å². The fourth-order valence-corrected chi connectivity index (χ4v) is 5.11. The van der Waals surface area contributed by atoms with E-state index in [0.29, 0.717) is 0 Å². The van der Waals surface area contributed by atoms with Gasteiger partial charge in [-0.1, -0.05) is 33.6 Å². The van der Waals surface area contributed by atoms with Crippen LogP contribution < -0.4 is 5.73 Å². The van der Waals surface area contributed by atoms with Gasteiger partial charge in [0.1, 0.15) is 0 Å². The molecular weight excluding hydrogens is 206 g/mol. The van der Waals surface area contributed by atoms with E-state index >= 15 is 0 Å². The third-order valence-corrected chi connectivity index (χ3v) is 5.47. The maximum Gasteiger partial charge on any atom is 0.0159 e. The van der Waals surface area contributed by atoms with E-state index in [4.69, 9.17) is 5.73 Å². The molecule has 2 aliphatic rings. The molecule has 1 nitrogen and oxygen atoms in total. The summed E-state index contributed by atoms with van der Waals surface area (Å²) >= 11 is 0. The second kappa shape index (κ2) is 4.91. The van der Waals surface area contributed by atoms with E-state index in [0.717, 1.165) is 29.6 Å². The Kier molecular flexibility index (Phi) is 3.87. The summed E-state index contributed by atoms with van der Waals surface area (Å²) in [6.07, 6.45) is 8.25. The van der Waals surface area contributed by atoms with E-state index in [2.05, 4.69) is 27.7 Å². The minimum atomic E-state index is 0.0963. The Hall–Kier alpha value is -0.0400. The van der Waals surface area contributed by atoms with Gasteiger partial charge in [0, 0.05) is 5.54 Å². The van der Waals surface area contributed by atoms with E-state index in [9.17, 15) is 0 Å². The highest BCUT2D eigenvalue weighted by molar-refractivity contribution is 4.98. The Morgan fingerprint density at radius 2 is 1.59 bits per heavy atom. The van der Waals surface area contributed by atoms with Crippen molar-refractivity contribution in [3.8, 4) is 0 Å². The van der Waals surface area contributed by atoms with Gasteiger partial charge in [0.2, 0.25) is 0 Å². The van der Waals surface area contributed by atoms with Crippen LogP contribution in [0.5, 0.6) is 0 Å². The first-order chi connectivity index (χ1) is 7.90. The second-order valence-electron chi connectivity index (χ2n) is 7.58. The van der Waals surface area contributed by atoms with Crippen LogP contribution in [0.3, 0.4) is 0 Å². The van der Waals surface area contributed by atoms with E-state index in [-0.39, 0.29) is 5.54 Å². The van der Waals surface area contributed by atoms with Gasteiger partial charge in [0.25, 0.3) is 0 Å². The molecule has 0 heterocycles. The third kappa shape index (κ3) is 2.86. The van der Waals surface area contributed by atoms with Gasteiger partial charge in [-0.25, -0.2) is 0 Å². The van der Waals surface area contributed by atoms with Crippen molar-refractivity contribution >= 4 is 0 Å². The third-order valence-electron chi connectivity index (χ3n) is 5.47. The van der Waals surface area contributed by atoms with Gasteiger partial charge in [-0.2, -0.15) is 0 Å². The lowest BCUT2D eigenvalue weighted by atomic mass is 9.58. The lowest BCUT2D eigenvalue weighted by Gasteiger charge is -2.49. The standard InChI is InChI=1S/C16H31N/c1-11-8-12(2)10-14(9-11)15-13(3)6-5-7-16(15,4)17/h11-15H,5-10,17H2,1-4H3/t11-,12?,13?,14?,15?,16?/m0/s1. The highest BCUT2D eigenvalue weighted by Crippen LogP contribution is 2.47. The van der Waals surface area contributed by atoms with Crippen LogP contribution in [-0.2, 0) is 0 Å². The van der Waals surface area contributed by atoms with Gasteiger partial charge in [-0.05, 0) is 62.2 Å². The highest BCUT2D eigenvalue weighted by atomic mass is 14.8. The number of nitrogens with two attached hydrogens (primary N) is 1. The monoisotopic (exact) mass is 237 g/mol. The molecule has 2 saturated carbocycles. The van der Waals surface area contributed by atoms with E-state index in [1.807, 2.05) is 0 Å². The maximum absolute atomic E-state index is 6.63. The summed E-state index contributed by atoms with van der Waals surface area (Å²) < 4.78 is 0. The minimum absolute atomic E-state index is 0.0963. The van der Waals surface area contributed by atoms with Crippen LogP contribution in [0.25, 0.3) is 0 Å². The Bertz CT molecular complexity index is 248. The molecule has 100 valence electrons. The molecule has 2 aliphatic carbocycles. The highest BCUT2D eigenvalue weighted by Gasteiger charge is 2.43. The van der Waals surface area contributed by atoms with E-state index in [1.165, 1.54) is 38.5 Å². The molecule has 0 radical (unpaired) electrons. The number of hydrogen-bond acceptors (Lipinski definition) is 1. The first-order valence-electron chi connectivity index (χ1n) is 7.69. The molecule has 17 heavy (non-hydrogen) atoms. The first kappa shape index (κ1) is 13.4. The molecule has 0 aliphatic heterocycles. The summed E-state index contributed by atoms with van der Waals surface area (Å²) in [7, 11) is 0. The van der Waals surface area contributed by atoms with Crippen LogP contribution in [0.4, 0.5) is 0 Å². The number of hydrogen-bond donors (Lipinski definition) is 1. The number of rotatable bonds is 1. The lowest BCUT2D eigenvalue weighted by molar-refractivity contribution is 0.0393. The molecule has 0 aromatic carbocycles. The second-order valence-corrected chi connectivity index (χ2v) is 7.58. The van der Waals surface area contributed by atoms with Crippen LogP contribution >= 0.6 is 0 Å². The Morgan fingerprint density at radius 3 is 2.12 bits per heavy atom. The van der Waals surface area contributed by atoms with Gasteiger partial charge < -0.3 is 5.73 Å². The molecule has 2 N–H and O–H groups in total. The van der Waals surface area contributed by atoms with E-state index < -0.39 is 0 Å². The Labute approximate surface area is 108 Å². The maximum atomic E-state index is 6.63. The van der Waals surface area contributed by atoms with Crippen molar-refractivity contribution in [1.82, 2.24) is 0 Å². The molecule has 1 heteroatoms. The molecular formula is C16H31N. The SMILES string of the molecule is CC1CC(C2C(C)CCCC2(C)N)C[C@@H](C)C1. The molecule has 0 spiro atoms. The summed E-state index contributed by atoms with van der Waals surface area (Å²) in [6.45, 7) is 9.63. The van der Waals surface area contributed by atoms with Crippen molar-refractivity contribution in [1.29, 1.82) is 0 Å². The smallest absolute Gasteiger partial charge is 0.0159 e. The quantitative estimate of drug-likeness (QED) is 0.726. The normalized spacial score (nSPS) is 52.4. The Balaban J connectivity index is 2.12. The Morgan fingerprint density at radius 1 is 1.00 bits per heavy atom. The van der Waals surface area contributed by atoms with Gasteiger partial charge >= 0.3 is 0 Å². The molecule has 2 rings (SSSR count). The fourth-order valence-electron chi connectivity index (χ4n) is 5.11. The van der Waals surface area contributed by atoms with Crippen LogP contribution in [0, 0.1) is 29.6 Å². The van der Waals surface area contributed by atoms with Gasteiger partial charge in [0.05, 0.1) is 0 Å². The zero-order valence-electron chi connectivity index (χ0n) is 12.2. The van der Waals surface area contributed by atoms with Crippen molar-refractivity contribution in [3.05, 3.63) is 0 Å². The first-order valence-corrected chi connectivity index (χ1v) is 7.69. The molecule has 0 aromatic heterocycles. The van der Waals surface area contributed by atoms with Crippen molar-refractivity contribution in [2.24, 2.45) is 35.3 Å². The molecule has 6 atom stereocenters. The molecule has 0 bridgehead atoms. The van der Waals surface area contributed by atoms with Gasteiger partial charge in [-0.3, -0.25) is 0 Å². The van der Waals surface area contributed by atoms with Crippen LogP contribution in [0.2, 0.25) is 0 Å². The van der Waals surface area contributed by atoms with Gasteiger partial charge in [-0.15, -0.1) is 0 Å². The minimum Gasteiger partial charge on any atom is -0.325 e. The van der Waals surface area contributed by atoms with E-state index in [1.54, 1.807) is 0 Å². The molecule has 0 amide bonds. The molecule has 5 unspecified atom stereocenters. The zero-order chi connectivity index (χ0) is 12.6. The zero-order valence-corrected chi connectivity index (χ0v) is 12.2. The van der Waals surface area contributed by atoms with Crippen LogP contribution in [0.15, 0.2) is 0 Å². The summed E-state index contributed by atoms with van der Waals surface area (Å²) in [5, 5.41) is 0. The lowest BCUT2D eigenvalue weighted by Crippen LogP contribution is -2.53. The summed E-state index contributed by atoms with van der Waals surface area (Å²) in [5.74, 6) is 4.31. The van der Waals surface area contributed by atoms with Crippen molar-refractivity contribution in [2.75, 3.05) is 0 Å². The molecule has 0 aromatic rings. The molecule has 2 fully saturated rings. The largest absolute Gasteiger partial charge is 0.325 e. The molecule has 0 saturated heterocycles. The average molecular weight is 237 g/mol. The summed E-state index contributed by atoms with van der Waals surface area (Å²) in [5.41, 5.74) is 6.73. The summed E-state index contributed by atoms with van der Waals surface area (Å²) in [4.78, 5) is 0. The fraction of sp³-hybridized carbons (Fsp3) is 1.00. The van der Waals surface area contributed by atoms with Crippen LogP contribution in [0.1, 0.15) is 66.2 Å². The summed E-state index contributed by atoms with van der Waals surface area (Å²) in [6, 6.07) is 0. The predicted molar refractivity (Wildman–Crippen MR) is 74.8 cm³/mol. The van der Waals surface area contributed by atoms with Crippen molar-refractivity contribution in [3.63, 3.8) is 0 Å². The topological polar surface area (TPSA) is 26.0 Å².